The minimum atomic E-state index is 0. The number of hydrogen-bond acceptors (Lipinski definition) is 3. The molecular formula is C10H13ClN2S. The van der Waals surface area contributed by atoms with E-state index in [1.54, 1.807) is 17.7 Å². The van der Waals surface area contributed by atoms with Gasteiger partial charge in [0.1, 0.15) is 6.04 Å². The highest BCUT2D eigenvalue weighted by molar-refractivity contribution is 7.10. The van der Waals surface area contributed by atoms with Crippen molar-refractivity contribution >= 4 is 30.1 Å². The van der Waals surface area contributed by atoms with Gasteiger partial charge in [-0.3, -0.25) is 4.99 Å². The molecule has 0 saturated carbocycles. The Bertz CT molecular complexity index is 356. The highest BCUT2D eigenvalue weighted by Crippen LogP contribution is 2.30. The van der Waals surface area contributed by atoms with E-state index in [4.69, 9.17) is 0 Å². The molecule has 0 saturated heterocycles. The van der Waals surface area contributed by atoms with E-state index in [0.29, 0.717) is 0 Å². The number of aryl methyl sites for hydroxylation is 1. The number of hydrogen-bond donors (Lipinski definition) is 1. The van der Waals surface area contributed by atoms with E-state index in [0.717, 1.165) is 0 Å². The summed E-state index contributed by atoms with van der Waals surface area (Å²) in [5.74, 6) is 0. The average Bonchev–Trinajstić information content (AvgIpc) is 2.49. The molecule has 1 aromatic heterocycles. The van der Waals surface area contributed by atoms with E-state index in [2.05, 4.69) is 35.6 Å². The van der Waals surface area contributed by atoms with Crippen molar-refractivity contribution in [1.82, 2.24) is 5.32 Å². The summed E-state index contributed by atoms with van der Waals surface area (Å²) in [6.45, 7) is 4.30. The molecule has 14 heavy (non-hydrogen) atoms. The topological polar surface area (TPSA) is 24.4 Å². The molecule has 1 N–H and O–H groups in total. The van der Waals surface area contributed by atoms with Crippen molar-refractivity contribution in [1.29, 1.82) is 0 Å². The summed E-state index contributed by atoms with van der Waals surface area (Å²) < 4.78 is 0. The maximum Gasteiger partial charge on any atom is 0.106 e. The Morgan fingerprint density at radius 1 is 1.43 bits per heavy atom. The summed E-state index contributed by atoms with van der Waals surface area (Å²) >= 11 is 1.79. The van der Waals surface area contributed by atoms with Crippen molar-refractivity contribution in [2.45, 2.75) is 19.9 Å². The summed E-state index contributed by atoms with van der Waals surface area (Å²) in [4.78, 5) is 5.71. The molecule has 1 unspecified atom stereocenters. The zero-order valence-electron chi connectivity index (χ0n) is 8.15. The van der Waals surface area contributed by atoms with Crippen molar-refractivity contribution in [3.05, 3.63) is 33.7 Å². The van der Waals surface area contributed by atoms with Gasteiger partial charge in [0.2, 0.25) is 0 Å². The van der Waals surface area contributed by atoms with Crippen LogP contribution in [-0.4, -0.2) is 6.34 Å². The Morgan fingerprint density at radius 2 is 2.21 bits per heavy atom. The molecule has 1 aromatic rings. The number of nitrogens with zero attached hydrogens (tertiary/aromatic N) is 1. The smallest absolute Gasteiger partial charge is 0.106 e. The number of rotatable bonds is 1. The second-order valence-corrected chi connectivity index (χ2v) is 4.07. The molecule has 0 aliphatic carbocycles. The van der Waals surface area contributed by atoms with Gasteiger partial charge in [-0.25, -0.2) is 0 Å². The standard InChI is InChI=1S/C10H12N2S.ClH/c1-7-5-13-10(8(7)2)9-3-4-11-6-12-9;/h3-6,9H,1-2H3,(H,11,12);1H. The van der Waals surface area contributed by atoms with E-state index in [9.17, 15) is 0 Å². The molecule has 2 nitrogen and oxygen atoms in total. The fourth-order valence-electron chi connectivity index (χ4n) is 1.33. The largest absolute Gasteiger partial charge is 0.353 e. The van der Waals surface area contributed by atoms with Crippen LogP contribution in [0.15, 0.2) is 22.6 Å². The van der Waals surface area contributed by atoms with Crippen LogP contribution in [0.1, 0.15) is 22.0 Å². The average molecular weight is 229 g/mol. The predicted molar refractivity (Wildman–Crippen MR) is 64.5 cm³/mol. The predicted octanol–water partition coefficient (Wildman–Crippen LogP) is 2.97. The van der Waals surface area contributed by atoms with Crippen molar-refractivity contribution in [2.75, 3.05) is 0 Å². The van der Waals surface area contributed by atoms with E-state index in [-0.39, 0.29) is 18.4 Å². The van der Waals surface area contributed by atoms with Gasteiger partial charge in [0.25, 0.3) is 0 Å². The number of nitrogens with one attached hydrogen (secondary N) is 1. The van der Waals surface area contributed by atoms with Crippen LogP contribution in [0, 0.1) is 13.8 Å². The van der Waals surface area contributed by atoms with Crippen LogP contribution < -0.4 is 5.32 Å². The van der Waals surface area contributed by atoms with Gasteiger partial charge in [0, 0.05) is 11.1 Å². The van der Waals surface area contributed by atoms with Gasteiger partial charge in [-0.05, 0) is 36.4 Å². The van der Waals surface area contributed by atoms with Crippen LogP contribution in [0.25, 0.3) is 0 Å². The van der Waals surface area contributed by atoms with E-state index in [1.165, 1.54) is 16.0 Å². The Labute approximate surface area is 94.2 Å². The van der Waals surface area contributed by atoms with E-state index >= 15 is 0 Å². The van der Waals surface area contributed by atoms with Crippen molar-refractivity contribution < 1.29 is 0 Å². The molecule has 0 amide bonds. The Kier molecular flexibility index (Phi) is 3.72. The van der Waals surface area contributed by atoms with Crippen LogP contribution in [0.2, 0.25) is 0 Å². The monoisotopic (exact) mass is 228 g/mol. The zero-order chi connectivity index (χ0) is 9.26. The molecule has 0 spiro atoms. The second kappa shape index (κ2) is 4.62. The van der Waals surface area contributed by atoms with Crippen LogP contribution in [-0.2, 0) is 0 Å². The summed E-state index contributed by atoms with van der Waals surface area (Å²) in [6, 6.07) is 0.222. The normalized spacial score (nSPS) is 18.9. The summed E-state index contributed by atoms with van der Waals surface area (Å²) in [5, 5.41) is 5.13. The van der Waals surface area contributed by atoms with Crippen molar-refractivity contribution in [3.8, 4) is 0 Å². The second-order valence-electron chi connectivity index (χ2n) is 3.16. The molecule has 2 rings (SSSR count). The van der Waals surface area contributed by atoms with Gasteiger partial charge < -0.3 is 5.32 Å². The summed E-state index contributed by atoms with van der Waals surface area (Å²) in [6.07, 6.45) is 5.77. The molecule has 1 aliphatic rings. The van der Waals surface area contributed by atoms with Gasteiger partial charge >= 0.3 is 0 Å². The first-order valence-electron chi connectivity index (χ1n) is 4.28. The fraction of sp³-hybridized carbons (Fsp3) is 0.300. The molecule has 0 radical (unpaired) electrons. The number of thiophene rings is 1. The van der Waals surface area contributed by atoms with Crippen molar-refractivity contribution in [3.63, 3.8) is 0 Å². The third-order valence-corrected chi connectivity index (χ3v) is 3.55. The van der Waals surface area contributed by atoms with Gasteiger partial charge in [-0.15, -0.1) is 23.7 Å². The molecule has 0 aromatic carbocycles. The quantitative estimate of drug-likeness (QED) is 0.785. The van der Waals surface area contributed by atoms with Gasteiger partial charge in [0.05, 0.1) is 6.34 Å². The Hall–Kier alpha value is -0.800. The number of halogens is 1. The SMILES string of the molecule is Cc1csc(C2C=CNC=N2)c1C.Cl. The molecule has 1 atom stereocenters. The first-order chi connectivity index (χ1) is 6.29. The molecule has 1 aliphatic heterocycles. The van der Waals surface area contributed by atoms with E-state index < -0.39 is 0 Å². The lowest BCUT2D eigenvalue weighted by atomic mass is 10.1. The number of aliphatic imine (C=N–C) groups is 1. The van der Waals surface area contributed by atoms with Crippen LogP contribution in [0.5, 0.6) is 0 Å². The lowest BCUT2D eigenvalue weighted by molar-refractivity contribution is 0.895. The summed E-state index contributed by atoms with van der Waals surface area (Å²) in [7, 11) is 0. The zero-order valence-corrected chi connectivity index (χ0v) is 9.78. The molecule has 4 heteroatoms. The molecule has 0 fully saturated rings. The minimum Gasteiger partial charge on any atom is -0.353 e. The highest BCUT2D eigenvalue weighted by Gasteiger charge is 2.13. The fourth-order valence-corrected chi connectivity index (χ4v) is 2.43. The van der Waals surface area contributed by atoms with Gasteiger partial charge in [0.15, 0.2) is 0 Å². The highest BCUT2D eigenvalue weighted by atomic mass is 35.5. The van der Waals surface area contributed by atoms with Crippen LogP contribution in [0.4, 0.5) is 0 Å². The maximum atomic E-state index is 4.36. The lowest BCUT2D eigenvalue weighted by Gasteiger charge is -2.10. The van der Waals surface area contributed by atoms with E-state index in [1.807, 2.05) is 6.20 Å². The Morgan fingerprint density at radius 3 is 2.71 bits per heavy atom. The van der Waals surface area contributed by atoms with Crippen LogP contribution in [0.3, 0.4) is 0 Å². The minimum absolute atomic E-state index is 0. The summed E-state index contributed by atoms with van der Waals surface area (Å²) in [5.41, 5.74) is 2.74. The first kappa shape index (κ1) is 11.3. The van der Waals surface area contributed by atoms with Crippen molar-refractivity contribution in [2.24, 2.45) is 4.99 Å². The lowest BCUT2D eigenvalue weighted by Crippen LogP contribution is -2.08. The molecular weight excluding hydrogens is 216 g/mol. The van der Waals surface area contributed by atoms with Gasteiger partial charge in [-0.2, -0.15) is 0 Å². The Balaban J connectivity index is 0.000000980. The maximum absolute atomic E-state index is 4.36. The third-order valence-electron chi connectivity index (χ3n) is 2.28. The molecule has 2 heterocycles. The van der Waals surface area contributed by atoms with Gasteiger partial charge in [-0.1, -0.05) is 0 Å². The van der Waals surface area contributed by atoms with Crippen LogP contribution >= 0.6 is 23.7 Å². The molecule has 0 bridgehead atoms. The first-order valence-corrected chi connectivity index (χ1v) is 5.16. The third kappa shape index (κ3) is 1.99. The molecule has 76 valence electrons.